The molecule has 0 aliphatic rings. The summed E-state index contributed by atoms with van der Waals surface area (Å²) in [5, 5.41) is -1.63. The number of Topliss-reactive ketones (excluding diaryl/α,β-unsaturated/α-hetero) is 1. The predicted octanol–water partition coefficient (Wildman–Crippen LogP) is 3.93. The maximum atomic E-state index is 12.8. The molecule has 8 heteroatoms. The molecule has 0 amide bonds. The summed E-state index contributed by atoms with van der Waals surface area (Å²) in [6.07, 6.45) is -5.36. The van der Waals surface area contributed by atoms with Crippen LogP contribution in [0.15, 0.2) is 24.3 Å². The third-order valence-corrected chi connectivity index (χ3v) is 5.43. The first kappa shape index (κ1) is 19.6. The van der Waals surface area contributed by atoms with E-state index in [0.29, 0.717) is 12.8 Å². The van der Waals surface area contributed by atoms with Gasteiger partial charge in [0.05, 0.1) is 11.7 Å². The topological polar surface area (TPSA) is 51.2 Å². The molecule has 130 valence electrons. The fourth-order valence-corrected chi connectivity index (χ4v) is 3.85. The summed E-state index contributed by atoms with van der Waals surface area (Å²) in [6.45, 7) is 1.74. The highest BCUT2D eigenvalue weighted by Gasteiger charge is 2.38. The van der Waals surface area contributed by atoms with Gasteiger partial charge in [-0.3, -0.25) is 4.79 Å². The predicted molar refractivity (Wildman–Crippen MR) is 78.5 cm³/mol. The molecule has 1 rings (SSSR count). The van der Waals surface area contributed by atoms with Crippen LogP contribution in [-0.2, 0) is 9.84 Å². The van der Waals surface area contributed by atoms with Gasteiger partial charge >= 0.3 is 6.18 Å². The van der Waals surface area contributed by atoms with Crippen LogP contribution in [0.1, 0.15) is 43.0 Å². The van der Waals surface area contributed by atoms with Gasteiger partial charge < -0.3 is 0 Å². The Morgan fingerprint density at radius 1 is 1.17 bits per heavy atom. The molecule has 1 aromatic rings. The van der Waals surface area contributed by atoms with Crippen molar-refractivity contribution >= 4 is 15.6 Å². The van der Waals surface area contributed by atoms with Gasteiger partial charge in [-0.05, 0) is 30.7 Å². The molecule has 0 saturated carbocycles. The number of alkyl halides is 3. The highest BCUT2D eigenvalue weighted by atomic mass is 32.2. The minimum absolute atomic E-state index is 0.0452. The Hall–Kier alpha value is -1.44. The van der Waals surface area contributed by atoms with Crippen molar-refractivity contribution < 1.29 is 30.8 Å². The van der Waals surface area contributed by atoms with Crippen molar-refractivity contribution in [1.29, 1.82) is 0 Å². The second-order valence-corrected chi connectivity index (χ2v) is 7.60. The number of ketones is 1. The lowest BCUT2D eigenvalue weighted by Crippen LogP contribution is -2.32. The Balaban J connectivity index is 2.91. The molecular formula is C15H18F4O3S. The van der Waals surface area contributed by atoms with Crippen molar-refractivity contribution in [3.05, 3.63) is 35.6 Å². The van der Waals surface area contributed by atoms with Gasteiger partial charge in [0.1, 0.15) is 11.6 Å². The second kappa shape index (κ2) is 7.90. The molecule has 0 radical (unpaired) electrons. The zero-order chi connectivity index (χ0) is 17.7. The first-order valence-electron chi connectivity index (χ1n) is 7.12. The molecule has 0 fully saturated rings. The summed E-state index contributed by atoms with van der Waals surface area (Å²) in [5.41, 5.74) is -0.0452. The lowest BCUT2D eigenvalue weighted by Gasteiger charge is -2.18. The molecule has 0 saturated heterocycles. The molecule has 23 heavy (non-hydrogen) atoms. The van der Waals surface area contributed by atoms with Crippen LogP contribution in [0.5, 0.6) is 0 Å². The summed E-state index contributed by atoms with van der Waals surface area (Å²) in [5.74, 6) is -2.45. The maximum absolute atomic E-state index is 12.8. The average molecular weight is 354 g/mol. The lowest BCUT2D eigenvalue weighted by atomic mass is 10.1. The van der Waals surface area contributed by atoms with Gasteiger partial charge in [-0.2, -0.15) is 13.2 Å². The summed E-state index contributed by atoms with van der Waals surface area (Å²) in [6, 6.07) is 4.20. The Bertz CT molecular complexity index is 621. The van der Waals surface area contributed by atoms with Gasteiger partial charge in [0, 0.05) is 5.56 Å². The van der Waals surface area contributed by atoms with Gasteiger partial charge in [0.25, 0.3) is 0 Å². The van der Waals surface area contributed by atoms with Gasteiger partial charge in [-0.15, -0.1) is 0 Å². The number of hydrogen-bond donors (Lipinski definition) is 0. The van der Waals surface area contributed by atoms with Gasteiger partial charge in [0.2, 0.25) is 0 Å². The largest absolute Gasteiger partial charge is 0.390 e. The molecule has 0 heterocycles. The van der Waals surface area contributed by atoms with Crippen LogP contribution in [0.4, 0.5) is 17.6 Å². The Morgan fingerprint density at radius 2 is 1.74 bits per heavy atom. The summed E-state index contributed by atoms with van der Waals surface area (Å²) in [7, 11) is -4.25. The van der Waals surface area contributed by atoms with E-state index in [4.69, 9.17) is 0 Å². The number of carbonyl (C=O) groups excluding carboxylic acids is 1. The highest BCUT2D eigenvalue weighted by Crippen LogP contribution is 2.28. The Morgan fingerprint density at radius 3 is 2.22 bits per heavy atom. The zero-order valence-corrected chi connectivity index (χ0v) is 13.4. The molecule has 0 aliphatic heterocycles. The maximum Gasteiger partial charge on any atom is 0.390 e. The first-order chi connectivity index (χ1) is 10.5. The van der Waals surface area contributed by atoms with Crippen LogP contribution in [-0.4, -0.2) is 31.4 Å². The van der Waals surface area contributed by atoms with E-state index in [1.54, 1.807) is 6.92 Å². The smallest absolute Gasteiger partial charge is 0.293 e. The van der Waals surface area contributed by atoms with E-state index in [1.807, 2.05) is 0 Å². The lowest BCUT2D eigenvalue weighted by molar-refractivity contribution is -0.134. The monoisotopic (exact) mass is 354 g/mol. The van der Waals surface area contributed by atoms with Crippen LogP contribution in [0.2, 0.25) is 0 Å². The van der Waals surface area contributed by atoms with E-state index in [-0.39, 0.29) is 12.0 Å². The van der Waals surface area contributed by atoms with Gasteiger partial charge in [-0.25, -0.2) is 12.8 Å². The van der Waals surface area contributed by atoms with Crippen LogP contribution in [0.25, 0.3) is 0 Å². The van der Waals surface area contributed by atoms with E-state index < -0.39 is 45.0 Å². The van der Waals surface area contributed by atoms with Crippen LogP contribution >= 0.6 is 0 Å². The number of carbonyl (C=O) groups is 1. The summed E-state index contributed by atoms with van der Waals surface area (Å²) < 4.78 is 74.9. The molecule has 0 N–H and O–H groups in total. The SMILES string of the molecule is CCCCC(CC(F)(F)F)S(=O)(=O)CC(=O)c1ccc(F)cc1. The van der Waals surface area contributed by atoms with E-state index in [9.17, 15) is 30.8 Å². The summed E-state index contributed by atoms with van der Waals surface area (Å²) >= 11 is 0. The van der Waals surface area contributed by atoms with Crippen molar-refractivity contribution in [2.45, 2.75) is 44.0 Å². The van der Waals surface area contributed by atoms with Crippen molar-refractivity contribution in [2.75, 3.05) is 5.75 Å². The number of benzene rings is 1. The Labute approximate surface area is 132 Å². The first-order valence-corrected chi connectivity index (χ1v) is 8.84. The van der Waals surface area contributed by atoms with Gasteiger partial charge in [0.15, 0.2) is 15.6 Å². The molecular weight excluding hydrogens is 336 g/mol. The van der Waals surface area contributed by atoms with Crippen molar-refractivity contribution in [2.24, 2.45) is 0 Å². The molecule has 1 aromatic carbocycles. The van der Waals surface area contributed by atoms with Crippen molar-refractivity contribution in [3.8, 4) is 0 Å². The molecule has 0 aliphatic carbocycles. The molecule has 1 unspecified atom stereocenters. The fraction of sp³-hybridized carbons (Fsp3) is 0.533. The normalized spacial score (nSPS) is 13.8. The minimum Gasteiger partial charge on any atom is -0.293 e. The Kier molecular flexibility index (Phi) is 6.73. The number of halogens is 4. The van der Waals surface area contributed by atoms with E-state index in [0.717, 1.165) is 24.3 Å². The fourth-order valence-electron chi connectivity index (χ4n) is 2.12. The number of unbranched alkanes of at least 4 members (excludes halogenated alkanes) is 1. The third kappa shape index (κ3) is 6.68. The van der Waals surface area contributed by atoms with Crippen LogP contribution < -0.4 is 0 Å². The van der Waals surface area contributed by atoms with Crippen LogP contribution in [0, 0.1) is 5.82 Å². The second-order valence-electron chi connectivity index (χ2n) is 5.32. The number of hydrogen-bond acceptors (Lipinski definition) is 3. The molecule has 0 aromatic heterocycles. The van der Waals surface area contributed by atoms with Crippen molar-refractivity contribution in [1.82, 2.24) is 0 Å². The van der Waals surface area contributed by atoms with Gasteiger partial charge in [-0.1, -0.05) is 19.8 Å². The van der Waals surface area contributed by atoms with E-state index in [1.165, 1.54) is 0 Å². The standard InChI is InChI=1S/C15H18F4O3S/c1-2-3-4-13(9-15(17,18)19)23(21,22)10-14(20)11-5-7-12(16)8-6-11/h5-8,13H,2-4,9-10H2,1H3. The third-order valence-electron chi connectivity index (χ3n) is 3.35. The minimum atomic E-state index is -4.62. The summed E-state index contributed by atoms with van der Waals surface area (Å²) in [4.78, 5) is 11.9. The number of sulfone groups is 1. The average Bonchev–Trinajstić information content (AvgIpc) is 2.42. The van der Waals surface area contributed by atoms with Crippen molar-refractivity contribution in [3.63, 3.8) is 0 Å². The number of rotatable bonds is 8. The molecule has 0 spiro atoms. The van der Waals surface area contributed by atoms with E-state index >= 15 is 0 Å². The molecule has 1 atom stereocenters. The quantitative estimate of drug-likeness (QED) is 0.525. The highest BCUT2D eigenvalue weighted by molar-refractivity contribution is 7.92. The van der Waals surface area contributed by atoms with E-state index in [2.05, 4.69) is 0 Å². The molecule has 3 nitrogen and oxygen atoms in total. The zero-order valence-electron chi connectivity index (χ0n) is 12.6. The van der Waals surface area contributed by atoms with Crippen LogP contribution in [0.3, 0.4) is 0 Å². The molecule has 0 bridgehead atoms.